The van der Waals surface area contributed by atoms with Crippen molar-refractivity contribution < 1.29 is 14.6 Å². The van der Waals surface area contributed by atoms with Crippen LogP contribution in [0.25, 0.3) is 12.2 Å². The lowest BCUT2D eigenvalue weighted by Gasteiger charge is -2.02. The van der Waals surface area contributed by atoms with Gasteiger partial charge in [0.15, 0.2) is 0 Å². The molecule has 3 heteroatoms. The van der Waals surface area contributed by atoms with Crippen molar-refractivity contribution in [1.82, 2.24) is 0 Å². The SMILES string of the molecule is CCOC(=O)C(C)=Cc1cccc(/C=C/CO)c1. The maximum Gasteiger partial charge on any atom is 0.333 e. The molecule has 0 bridgehead atoms. The Morgan fingerprint density at radius 1 is 1.39 bits per heavy atom. The largest absolute Gasteiger partial charge is 0.463 e. The number of aliphatic hydroxyl groups is 1. The lowest BCUT2D eigenvalue weighted by Crippen LogP contribution is -2.04. The Balaban J connectivity index is 2.87. The summed E-state index contributed by atoms with van der Waals surface area (Å²) in [4.78, 5) is 11.5. The second-order valence-electron chi connectivity index (χ2n) is 3.80. The molecule has 18 heavy (non-hydrogen) atoms. The first kappa shape index (κ1) is 14.2. The first-order chi connectivity index (χ1) is 8.67. The summed E-state index contributed by atoms with van der Waals surface area (Å²) in [7, 11) is 0. The van der Waals surface area contributed by atoms with Gasteiger partial charge in [-0.15, -0.1) is 0 Å². The quantitative estimate of drug-likeness (QED) is 0.641. The number of hydrogen-bond donors (Lipinski definition) is 1. The van der Waals surface area contributed by atoms with E-state index < -0.39 is 0 Å². The van der Waals surface area contributed by atoms with Crippen LogP contribution in [0.4, 0.5) is 0 Å². The molecule has 0 atom stereocenters. The fourth-order valence-corrected chi connectivity index (χ4v) is 1.50. The van der Waals surface area contributed by atoms with Gasteiger partial charge < -0.3 is 9.84 Å². The first-order valence-corrected chi connectivity index (χ1v) is 5.90. The number of ether oxygens (including phenoxy) is 1. The third-order valence-corrected chi connectivity index (χ3v) is 2.31. The molecule has 0 fully saturated rings. The van der Waals surface area contributed by atoms with Crippen LogP contribution in [0.5, 0.6) is 0 Å². The molecule has 1 aromatic carbocycles. The minimum atomic E-state index is -0.297. The van der Waals surface area contributed by atoms with Gasteiger partial charge in [-0.3, -0.25) is 0 Å². The number of carbonyl (C=O) groups is 1. The molecule has 1 aromatic rings. The lowest BCUT2D eigenvalue weighted by atomic mass is 10.1. The van der Waals surface area contributed by atoms with Crippen LogP contribution in [-0.4, -0.2) is 24.3 Å². The van der Waals surface area contributed by atoms with Gasteiger partial charge in [-0.1, -0.05) is 30.4 Å². The van der Waals surface area contributed by atoms with Crippen molar-refractivity contribution in [2.75, 3.05) is 13.2 Å². The summed E-state index contributed by atoms with van der Waals surface area (Å²) < 4.78 is 4.92. The number of benzene rings is 1. The second-order valence-corrected chi connectivity index (χ2v) is 3.80. The van der Waals surface area contributed by atoms with Gasteiger partial charge >= 0.3 is 5.97 Å². The molecule has 0 heterocycles. The van der Waals surface area contributed by atoms with Crippen molar-refractivity contribution in [2.24, 2.45) is 0 Å². The van der Waals surface area contributed by atoms with Crippen LogP contribution in [0.1, 0.15) is 25.0 Å². The molecule has 0 saturated carbocycles. The molecule has 0 aromatic heterocycles. The van der Waals surface area contributed by atoms with Crippen molar-refractivity contribution in [3.8, 4) is 0 Å². The highest BCUT2D eigenvalue weighted by atomic mass is 16.5. The number of carbonyl (C=O) groups excluding carboxylic acids is 1. The molecular weight excluding hydrogens is 228 g/mol. The van der Waals surface area contributed by atoms with Crippen molar-refractivity contribution in [3.63, 3.8) is 0 Å². The fraction of sp³-hybridized carbons (Fsp3) is 0.267. The summed E-state index contributed by atoms with van der Waals surface area (Å²) in [5.41, 5.74) is 2.48. The van der Waals surface area contributed by atoms with Crippen molar-refractivity contribution in [3.05, 3.63) is 47.0 Å². The normalized spacial score (nSPS) is 11.8. The van der Waals surface area contributed by atoms with E-state index in [0.717, 1.165) is 11.1 Å². The van der Waals surface area contributed by atoms with E-state index in [-0.39, 0.29) is 12.6 Å². The summed E-state index contributed by atoms with van der Waals surface area (Å²) in [5.74, 6) is -0.297. The van der Waals surface area contributed by atoms with Crippen molar-refractivity contribution in [1.29, 1.82) is 0 Å². The van der Waals surface area contributed by atoms with Gasteiger partial charge in [-0.2, -0.15) is 0 Å². The van der Waals surface area contributed by atoms with Gasteiger partial charge in [0.25, 0.3) is 0 Å². The minimum Gasteiger partial charge on any atom is -0.463 e. The summed E-state index contributed by atoms with van der Waals surface area (Å²) >= 11 is 0. The molecule has 96 valence electrons. The van der Waals surface area contributed by atoms with Crippen molar-refractivity contribution in [2.45, 2.75) is 13.8 Å². The monoisotopic (exact) mass is 246 g/mol. The summed E-state index contributed by atoms with van der Waals surface area (Å²) in [6.07, 6.45) is 5.28. The van der Waals surface area contributed by atoms with E-state index in [0.29, 0.717) is 12.2 Å². The zero-order chi connectivity index (χ0) is 13.4. The zero-order valence-electron chi connectivity index (χ0n) is 10.7. The molecule has 0 spiro atoms. The molecule has 0 amide bonds. The van der Waals surface area contributed by atoms with Gasteiger partial charge in [-0.25, -0.2) is 4.79 Å². The highest BCUT2D eigenvalue weighted by Gasteiger charge is 2.04. The molecular formula is C15H18O3. The third kappa shape index (κ3) is 4.55. The van der Waals surface area contributed by atoms with E-state index in [2.05, 4.69) is 0 Å². The van der Waals surface area contributed by atoms with Crippen LogP contribution in [0, 0.1) is 0 Å². The predicted molar refractivity (Wildman–Crippen MR) is 72.8 cm³/mol. The van der Waals surface area contributed by atoms with E-state index in [1.165, 1.54) is 0 Å². The zero-order valence-corrected chi connectivity index (χ0v) is 10.7. The molecule has 0 saturated heterocycles. The van der Waals surface area contributed by atoms with Gasteiger partial charge in [0.1, 0.15) is 0 Å². The Kier molecular flexibility index (Phi) is 5.88. The Morgan fingerprint density at radius 3 is 2.78 bits per heavy atom. The second kappa shape index (κ2) is 7.45. The number of esters is 1. The molecule has 3 nitrogen and oxygen atoms in total. The summed E-state index contributed by atoms with van der Waals surface area (Å²) in [6.45, 7) is 3.91. The molecule has 0 unspecified atom stereocenters. The van der Waals surface area contributed by atoms with Crippen LogP contribution in [-0.2, 0) is 9.53 Å². The molecule has 1 rings (SSSR count). The average molecular weight is 246 g/mol. The van der Waals surface area contributed by atoms with Crippen LogP contribution < -0.4 is 0 Å². The van der Waals surface area contributed by atoms with E-state index in [1.807, 2.05) is 30.3 Å². The average Bonchev–Trinajstić information content (AvgIpc) is 2.37. The van der Waals surface area contributed by atoms with Gasteiger partial charge in [-0.05, 0) is 37.1 Å². The number of aliphatic hydroxyl groups excluding tert-OH is 1. The Morgan fingerprint density at radius 2 is 2.11 bits per heavy atom. The minimum absolute atomic E-state index is 0.0158. The topological polar surface area (TPSA) is 46.5 Å². The van der Waals surface area contributed by atoms with Gasteiger partial charge in [0, 0.05) is 5.57 Å². The van der Waals surface area contributed by atoms with Gasteiger partial charge in [0.2, 0.25) is 0 Å². The highest BCUT2D eigenvalue weighted by Crippen LogP contribution is 2.12. The summed E-state index contributed by atoms with van der Waals surface area (Å²) in [6, 6.07) is 7.69. The fourth-order valence-electron chi connectivity index (χ4n) is 1.50. The molecule has 0 aliphatic rings. The van der Waals surface area contributed by atoms with E-state index in [1.54, 1.807) is 26.0 Å². The van der Waals surface area contributed by atoms with Crippen LogP contribution in [0.2, 0.25) is 0 Å². The standard InChI is InChI=1S/C15H18O3/c1-3-18-15(17)12(2)10-14-7-4-6-13(11-14)8-5-9-16/h4-8,10-11,16H,3,9H2,1-2H3/b8-5+,12-10?. The molecule has 1 N–H and O–H groups in total. The third-order valence-electron chi connectivity index (χ3n) is 2.31. The van der Waals surface area contributed by atoms with E-state index in [9.17, 15) is 4.79 Å². The number of hydrogen-bond acceptors (Lipinski definition) is 3. The molecule has 0 radical (unpaired) electrons. The smallest absolute Gasteiger partial charge is 0.333 e. The highest BCUT2D eigenvalue weighted by molar-refractivity contribution is 5.93. The van der Waals surface area contributed by atoms with Crippen LogP contribution >= 0.6 is 0 Å². The van der Waals surface area contributed by atoms with E-state index in [4.69, 9.17) is 9.84 Å². The van der Waals surface area contributed by atoms with Crippen LogP contribution in [0.3, 0.4) is 0 Å². The predicted octanol–water partition coefficient (Wildman–Crippen LogP) is 2.66. The maximum absolute atomic E-state index is 11.5. The maximum atomic E-state index is 11.5. The molecule has 0 aliphatic carbocycles. The van der Waals surface area contributed by atoms with Crippen molar-refractivity contribution >= 4 is 18.1 Å². The van der Waals surface area contributed by atoms with Crippen LogP contribution in [0.15, 0.2) is 35.9 Å². The first-order valence-electron chi connectivity index (χ1n) is 5.90. The molecule has 0 aliphatic heterocycles. The van der Waals surface area contributed by atoms with E-state index >= 15 is 0 Å². The summed E-state index contributed by atoms with van der Waals surface area (Å²) in [5, 5.41) is 8.71. The number of rotatable bonds is 5. The Bertz CT molecular complexity index is 459. The van der Waals surface area contributed by atoms with Gasteiger partial charge in [0.05, 0.1) is 13.2 Å². The Hall–Kier alpha value is -1.87. The lowest BCUT2D eigenvalue weighted by molar-refractivity contribution is -0.138. The Labute approximate surface area is 107 Å².